The lowest BCUT2D eigenvalue weighted by Gasteiger charge is -2.40. The highest BCUT2D eigenvalue weighted by atomic mass is 31.1. The summed E-state index contributed by atoms with van der Waals surface area (Å²) < 4.78 is 0. The minimum Gasteiger partial charge on any atom is -0.0844 e. The van der Waals surface area contributed by atoms with Gasteiger partial charge in [-0.3, -0.25) is 0 Å². The van der Waals surface area contributed by atoms with Gasteiger partial charge in [-0.2, -0.15) is 0 Å². The van der Waals surface area contributed by atoms with Gasteiger partial charge in [0.15, 0.2) is 0 Å². The number of allylic oxidation sites excluding steroid dienone is 2. The van der Waals surface area contributed by atoms with E-state index in [1.807, 2.05) is 0 Å². The second kappa shape index (κ2) is 9.38. The summed E-state index contributed by atoms with van der Waals surface area (Å²) in [7, 11) is -0.909. The van der Waals surface area contributed by atoms with Gasteiger partial charge in [-0.25, -0.2) is 0 Å². The molecule has 0 aromatic heterocycles. The van der Waals surface area contributed by atoms with Crippen molar-refractivity contribution in [2.45, 2.75) is 17.7 Å². The fourth-order valence-electron chi connectivity index (χ4n) is 5.80. The van der Waals surface area contributed by atoms with Gasteiger partial charge in [-0.1, -0.05) is 133 Å². The number of benzene rings is 4. The molecule has 1 unspecified atom stereocenters. The highest BCUT2D eigenvalue weighted by molar-refractivity contribution is 7.77. The van der Waals surface area contributed by atoms with Crippen LogP contribution in [-0.4, -0.2) is 11.3 Å². The Bertz CT molecular complexity index is 1030. The fraction of sp³-hybridized carbons (Fsp3) is 0.161. The molecular weight excluding hydrogens is 434 g/mol. The van der Waals surface area contributed by atoms with Crippen molar-refractivity contribution in [2.24, 2.45) is 11.8 Å². The van der Waals surface area contributed by atoms with Crippen LogP contribution in [0.5, 0.6) is 0 Å². The van der Waals surface area contributed by atoms with Gasteiger partial charge in [0, 0.05) is 11.3 Å². The van der Waals surface area contributed by atoms with Gasteiger partial charge >= 0.3 is 0 Å². The third-order valence-electron chi connectivity index (χ3n) is 7.11. The lowest BCUT2D eigenvalue weighted by Crippen LogP contribution is -2.37. The molecule has 0 saturated heterocycles. The normalized spacial score (nSPS) is 23.5. The maximum absolute atomic E-state index is 2.55. The first-order valence-corrected chi connectivity index (χ1v) is 14.7. The Morgan fingerprint density at radius 1 is 0.394 bits per heavy atom. The Morgan fingerprint density at radius 2 is 0.667 bits per heavy atom. The van der Waals surface area contributed by atoms with Crippen LogP contribution in [-0.2, 0) is 0 Å². The lowest BCUT2D eigenvalue weighted by atomic mass is 10.1. The quantitative estimate of drug-likeness (QED) is 0.237. The van der Waals surface area contributed by atoms with Gasteiger partial charge in [0.25, 0.3) is 0 Å². The standard InChI is InChI=1S/C31H28P2/c1-5-13-26(14-6-1)32(27-15-7-2-8-16-27)30-24-21-22-25(23-24)31(30)33(28-17-9-3-10-18-28)29-19-11-4-12-20-29/h1-22,24-25,30-31H,23H2/t24-,25?,30+,31+/m0/s1. The molecule has 4 aromatic rings. The van der Waals surface area contributed by atoms with Crippen molar-refractivity contribution >= 4 is 37.1 Å². The van der Waals surface area contributed by atoms with Crippen LogP contribution >= 0.6 is 15.8 Å². The molecule has 4 aromatic carbocycles. The van der Waals surface area contributed by atoms with E-state index in [2.05, 4.69) is 133 Å². The topological polar surface area (TPSA) is 0 Å². The second-order valence-electron chi connectivity index (χ2n) is 9.01. The van der Waals surface area contributed by atoms with Crippen molar-refractivity contribution in [1.29, 1.82) is 0 Å². The third kappa shape index (κ3) is 4.01. The third-order valence-corrected chi connectivity index (χ3v) is 13.4. The maximum Gasteiger partial charge on any atom is 0.00137 e. The SMILES string of the molecule is C1=C[C@H]2CC1[C@@H](P(c1ccccc1)c1ccccc1)[C@@H]2P(c1ccccc1)c1ccccc1. The average molecular weight is 463 g/mol. The monoisotopic (exact) mass is 462 g/mol. The molecule has 0 aliphatic heterocycles. The predicted molar refractivity (Wildman–Crippen MR) is 146 cm³/mol. The molecular formula is C31H28P2. The number of hydrogen-bond acceptors (Lipinski definition) is 0. The molecule has 1 fully saturated rings. The molecule has 0 N–H and O–H groups in total. The van der Waals surface area contributed by atoms with Crippen LogP contribution in [0.1, 0.15) is 6.42 Å². The van der Waals surface area contributed by atoms with Crippen LogP contribution < -0.4 is 21.2 Å². The summed E-state index contributed by atoms with van der Waals surface area (Å²) >= 11 is 0. The Morgan fingerprint density at radius 3 is 0.939 bits per heavy atom. The predicted octanol–water partition coefficient (Wildman–Crippen LogP) is 6.20. The maximum atomic E-state index is 2.55. The summed E-state index contributed by atoms with van der Waals surface area (Å²) in [5.41, 5.74) is 1.32. The first-order chi connectivity index (χ1) is 16.4. The van der Waals surface area contributed by atoms with E-state index in [4.69, 9.17) is 0 Å². The van der Waals surface area contributed by atoms with Gasteiger partial charge in [0.05, 0.1) is 0 Å². The molecule has 2 aliphatic rings. The Kier molecular flexibility index (Phi) is 5.98. The molecule has 0 heterocycles. The van der Waals surface area contributed by atoms with E-state index in [-0.39, 0.29) is 0 Å². The minimum absolute atomic E-state index is 0.454. The zero-order valence-corrected chi connectivity index (χ0v) is 20.4. The number of rotatable bonds is 6. The van der Waals surface area contributed by atoms with Crippen molar-refractivity contribution in [3.8, 4) is 0 Å². The molecule has 2 heteroatoms. The van der Waals surface area contributed by atoms with E-state index >= 15 is 0 Å². The Labute approximate surface area is 199 Å². The Balaban J connectivity index is 1.52. The second-order valence-corrected chi connectivity index (χ2v) is 13.7. The number of fused-ring (bicyclic) bond motifs is 2. The van der Waals surface area contributed by atoms with Crippen LogP contribution in [0, 0.1) is 11.8 Å². The molecule has 6 rings (SSSR count). The van der Waals surface area contributed by atoms with E-state index < -0.39 is 15.8 Å². The van der Waals surface area contributed by atoms with Crippen molar-refractivity contribution in [1.82, 2.24) is 0 Å². The average Bonchev–Trinajstić information content (AvgIpc) is 3.50. The van der Waals surface area contributed by atoms with Gasteiger partial charge in [0.2, 0.25) is 0 Å². The van der Waals surface area contributed by atoms with Gasteiger partial charge in [0.1, 0.15) is 0 Å². The van der Waals surface area contributed by atoms with Crippen molar-refractivity contribution in [3.05, 3.63) is 133 Å². The van der Waals surface area contributed by atoms with Gasteiger partial charge in [-0.15, -0.1) is 0 Å². The number of hydrogen-bond donors (Lipinski definition) is 0. The van der Waals surface area contributed by atoms with Crippen molar-refractivity contribution in [3.63, 3.8) is 0 Å². The zero-order valence-electron chi connectivity index (χ0n) is 18.6. The van der Waals surface area contributed by atoms with Crippen LogP contribution in [0.25, 0.3) is 0 Å². The van der Waals surface area contributed by atoms with E-state index in [0.29, 0.717) is 23.2 Å². The molecule has 0 radical (unpaired) electrons. The van der Waals surface area contributed by atoms with Crippen LogP contribution in [0.4, 0.5) is 0 Å². The van der Waals surface area contributed by atoms with E-state index in [9.17, 15) is 0 Å². The Hall–Kier alpha value is -2.52. The highest BCUT2D eigenvalue weighted by Gasteiger charge is 2.51. The highest BCUT2D eigenvalue weighted by Crippen LogP contribution is 2.64. The summed E-state index contributed by atoms with van der Waals surface area (Å²) in [6, 6.07) is 45.4. The van der Waals surface area contributed by atoms with Crippen molar-refractivity contribution in [2.75, 3.05) is 0 Å². The summed E-state index contributed by atoms with van der Waals surface area (Å²) in [6.07, 6.45) is 6.42. The summed E-state index contributed by atoms with van der Waals surface area (Å²) in [4.78, 5) is 0. The van der Waals surface area contributed by atoms with Crippen LogP contribution in [0.2, 0.25) is 0 Å². The molecule has 2 aliphatic carbocycles. The fourth-order valence-corrected chi connectivity index (χ4v) is 12.8. The lowest BCUT2D eigenvalue weighted by molar-refractivity contribution is 0.695. The summed E-state index contributed by atoms with van der Waals surface area (Å²) in [5.74, 6) is 1.34. The van der Waals surface area contributed by atoms with E-state index in [1.165, 1.54) is 27.6 Å². The smallest absolute Gasteiger partial charge is 0.00137 e. The summed E-state index contributed by atoms with van der Waals surface area (Å²) in [6.45, 7) is 0. The molecule has 0 nitrogen and oxygen atoms in total. The largest absolute Gasteiger partial charge is 0.0844 e. The van der Waals surface area contributed by atoms with Gasteiger partial charge < -0.3 is 0 Å². The molecule has 0 spiro atoms. The van der Waals surface area contributed by atoms with E-state index in [0.717, 1.165) is 0 Å². The molecule has 0 amide bonds. The molecule has 4 atom stereocenters. The van der Waals surface area contributed by atoms with Crippen molar-refractivity contribution < 1.29 is 0 Å². The summed E-state index contributed by atoms with van der Waals surface area (Å²) in [5, 5.41) is 6.08. The molecule has 2 bridgehead atoms. The zero-order chi connectivity index (χ0) is 22.0. The molecule has 162 valence electrons. The van der Waals surface area contributed by atoms with Gasteiger partial charge in [-0.05, 0) is 55.3 Å². The van der Waals surface area contributed by atoms with Crippen LogP contribution in [0.15, 0.2) is 133 Å². The first kappa shape index (κ1) is 21.0. The molecule has 1 saturated carbocycles. The van der Waals surface area contributed by atoms with E-state index in [1.54, 1.807) is 0 Å². The first-order valence-electron chi connectivity index (χ1n) is 11.9. The minimum atomic E-state index is -0.454. The molecule has 33 heavy (non-hydrogen) atoms. The van der Waals surface area contributed by atoms with Crippen LogP contribution in [0.3, 0.4) is 0 Å².